The van der Waals surface area contributed by atoms with Crippen molar-refractivity contribution in [3.63, 3.8) is 0 Å². The molecule has 0 radical (unpaired) electrons. The number of pyridine rings is 1. The number of benzene rings is 4. The zero-order valence-corrected chi connectivity index (χ0v) is 21.9. The first-order valence-corrected chi connectivity index (χ1v) is 13.6. The van der Waals surface area contributed by atoms with Crippen molar-refractivity contribution in [2.45, 2.75) is 24.2 Å². The number of ketones is 1. The zero-order chi connectivity index (χ0) is 27.4. The molecule has 0 amide bonds. The van der Waals surface area contributed by atoms with Gasteiger partial charge in [-0.3, -0.25) is 9.78 Å². The number of nitrogens with zero attached hydrogens (tertiary/aromatic N) is 1. The Kier molecular flexibility index (Phi) is 7.82. The number of hydrogen-bond donors (Lipinski definition) is 1. The Morgan fingerprint density at radius 2 is 1.62 bits per heavy atom. The summed E-state index contributed by atoms with van der Waals surface area (Å²) >= 11 is 1.69. The molecule has 0 aliphatic carbocycles. The first-order valence-electron chi connectivity index (χ1n) is 12.4. The first-order chi connectivity index (χ1) is 18.9. The third-order valence-electron chi connectivity index (χ3n) is 6.54. The van der Waals surface area contributed by atoms with Crippen molar-refractivity contribution >= 4 is 28.4 Å². The van der Waals surface area contributed by atoms with Crippen molar-refractivity contribution in [1.82, 2.24) is 10.3 Å². The number of rotatable bonds is 8. The lowest BCUT2D eigenvalue weighted by Crippen LogP contribution is -2.13. The number of hydrogen-bond acceptors (Lipinski definition) is 4. The molecule has 0 saturated heterocycles. The number of para-hydroxylation sites is 1. The lowest BCUT2D eigenvalue weighted by atomic mass is 9.90. The molecule has 3 nitrogen and oxygen atoms in total. The Balaban J connectivity index is 1.57. The van der Waals surface area contributed by atoms with Crippen molar-refractivity contribution in [2.75, 3.05) is 6.26 Å². The van der Waals surface area contributed by atoms with Crippen LogP contribution in [0.4, 0.5) is 13.2 Å². The molecule has 0 fully saturated rings. The predicted molar refractivity (Wildman–Crippen MR) is 151 cm³/mol. The molecule has 4 aromatic carbocycles. The van der Waals surface area contributed by atoms with Crippen LogP contribution in [0.3, 0.4) is 0 Å². The van der Waals surface area contributed by atoms with Crippen molar-refractivity contribution in [1.29, 1.82) is 0 Å². The SMILES string of the molecule is CSc1ccccc1CNCc1cccc(-c2c(C(=O)c3ccccc3)cnc3c(C(F)(F)F)cccc23)c1. The molecule has 0 unspecified atom stereocenters. The summed E-state index contributed by atoms with van der Waals surface area (Å²) < 4.78 is 41.6. The van der Waals surface area contributed by atoms with Crippen LogP contribution in [0.25, 0.3) is 22.0 Å². The van der Waals surface area contributed by atoms with Gasteiger partial charge in [0, 0.05) is 46.3 Å². The Hall–Kier alpha value is -3.94. The monoisotopic (exact) mass is 542 g/mol. The second-order valence-electron chi connectivity index (χ2n) is 9.06. The third kappa shape index (κ3) is 5.75. The van der Waals surface area contributed by atoms with E-state index in [0.29, 0.717) is 29.8 Å². The average molecular weight is 543 g/mol. The maximum absolute atomic E-state index is 13.9. The summed E-state index contributed by atoms with van der Waals surface area (Å²) in [5, 5.41) is 3.74. The fraction of sp³-hybridized carbons (Fsp3) is 0.125. The standard InChI is InChI=1S/C32H25F3N2OS/c1-39-28-16-6-5-12-24(28)19-36-18-21-9-7-13-23(17-21)29-25-14-8-15-27(32(33,34)35)30(25)37-20-26(29)31(38)22-10-3-2-4-11-22/h2-17,20,36H,18-19H2,1H3. The maximum Gasteiger partial charge on any atom is 0.418 e. The van der Waals surface area contributed by atoms with Gasteiger partial charge in [-0.1, -0.05) is 78.9 Å². The number of carbonyl (C=O) groups is 1. The van der Waals surface area contributed by atoms with Gasteiger partial charge >= 0.3 is 6.18 Å². The van der Waals surface area contributed by atoms with E-state index in [0.717, 1.165) is 11.6 Å². The summed E-state index contributed by atoms with van der Waals surface area (Å²) in [6, 6.07) is 28.4. The second-order valence-corrected chi connectivity index (χ2v) is 9.91. The molecule has 0 bridgehead atoms. The first kappa shape index (κ1) is 26.7. The van der Waals surface area contributed by atoms with E-state index in [1.807, 2.05) is 42.7 Å². The van der Waals surface area contributed by atoms with Gasteiger partial charge in [0.2, 0.25) is 0 Å². The Morgan fingerprint density at radius 3 is 2.38 bits per heavy atom. The molecule has 1 aromatic heterocycles. The Labute approximate surface area is 229 Å². The van der Waals surface area contributed by atoms with Gasteiger partial charge in [0.1, 0.15) is 0 Å². The topological polar surface area (TPSA) is 42.0 Å². The van der Waals surface area contributed by atoms with E-state index in [4.69, 9.17) is 0 Å². The fourth-order valence-corrected chi connectivity index (χ4v) is 5.32. The van der Waals surface area contributed by atoms with Gasteiger partial charge in [-0.25, -0.2) is 0 Å². The van der Waals surface area contributed by atoms with E-state index in [9.17, 15) is 18.0 Å². The van der Waals surface area contributed by atoms with E-state index in [1.165, 1.54) is 22.7 Å². The van der Waals surface area contributed by atoms with Gasteiger partial charge in [0.15, 0.2) is 5.78 Å². The van der Waals surface area contributed by atoms with Gasteiger partial charge in [-0.15, -0.1) is 11.8 Å². The highest BCUT2D eigenvalue weighted by Gasteiger charge is 2.34. The second kappa shape index (κ2) is 11.4. The molecule has 0 atom stereocenters. The number of fused-ring (bicyclic) bond motifs is 1. The van der Waals surface area contributed by atoms with Crippen molar-refractivity contribution in [3.8, 4) is 11.1 Å². The van der Waals surface area contributed by atoms with Crippen LogP contribution in [0.15, 0.2) is 108 Å². The number of carbonyl (C=O) groups excluding carboxylic acids is 1. The van der Waals surface area contributed by atoms with Crippen molar-refractivity contribution in [3.05, 3.63) is 131 Å². The lowest BCUT2D eigenvalue weighted by Gasteiger charge is -2.16. The van der Waals surface area contributed by atoms with Gasteiger partial charge in [0.25, 0.3) is 0 Å². The number of thioether (sulfide) groups is 1. The van der Waals surface area contributed by atoms with Crippen molar-refractivity contribution < 1.29 is 18.0 Å². The van der Waals surface area contributed by atoms with Crippen LogP contribution in [0.1, 0.15) is 32.6 Å². The van der Waals surface area contributed by atoms with E-state index >= 15 is 0 Å². The maximum atomic E-state index is 13.9. The van der Waals surface area contributed by atoms with Crippen LogP contribution in [-0.4, -0.2) is 17.0 Å². The number of halogens is 3. The molecule has 1 N–H and O–H groups in total. The molecule has 0 aliphatic heterocycles. The molecular weight excluding hydrogens is 517 g/mol. The lowest BCUT2D eigenvalue weighted by molar-refractivity contribution is -0.136. The molecule has 0 spiro atoms. The summed E-state index contributed by atoms with van der Waals surface area (Å²) in [5.74, 6) is -0.297. The largest absolute Gasteiger partial charge is 0.418 e. The Morgan fingerprint density at radius 1 is 0.872 bits per heavy atom. The number of alkyl halides is 3. The minimum atomic E-state index is -4.58. The van der Waals surface area contributed by atoms with Crippen molar-refractivity contribution in [2.24, 2.45) is 0 Å². The highest BCUT2D eigenvalue weighted by molar-refractivity contribution is 7.98. The fourth-order valence-electron chi connectivity index (χ4n) is 4.71. The van der Waals surface area contributed by atoms with Gasteiger partial charge in [0.05, 0.1) is 11.1 Å². The molecule has 5 aromatic rings. The molecule has 196 valence electrons. The van der Waals surface area contributed by atoms with E-state index in [2.05, 4.69) is 22.4 Å². The molecule has 0 aliphatic rings. The Bertz CT molecular complexity index is 1630. The normalized spacial score (nSPS) is 11.6. The van der Waals surface area contributed by atoms with Crippen LogP contribution in [0, 0.1) is 0 Å². The molecule has 1 heterocycles. The molecule has 0 saturated carbocycles. The third-order valence-corrected chi connectivity index (χ3v) is 7.37. The van der Waals surface area contributed by atoms with E-state index < -0.39 is 11.7 Å². The summed E-state index contributed by atoms with van der Waals surface area (Å²) in [6.45, 7) is 1.22. The summed E-state index contributed by atoms with van der Waals surface area (Å²) in [6.07, 6.45) is -1.26. The molecule has 39 heavy (non-hydrogen) atoms. The summed E-state index contributed by atoms with van der Waals surface area (Å²) in [4.78, 5) is 18.9. The summed E-state index contributed by atoms with van der Waals surface area (Å²) in [5.41, 5.74) is 2.93. The van der Waals surface area contributed by atoms with Crippen LogP contribution in [0.2, 0.25) is 0 Å². The molecule has 5 rings (SSSR count). The van der Waals surface area contributed by atoms with Crippen LogP contribution < -0.4 is 5.32 Å². The minimum absolute atomic E-state index is 0.179. The van der Waals surface area contributed by atoms with E-state index in [1.54, 1.807) is 48.2 Å². The van der Waals surface area contributed by atoms with E-state index in [-0.39, 0.29) is 22.2 Å². The average Bonchev–Trinajstić information content (AvgIpc) is 2.96. The smallest absolute Gasteiger partial charge is 0.309 e. The van der Waals surface area contributed by atoms with Crippen LogP contribution in [-0.2, 0) is 19.3 Å². The summed E-state index contributed by atoms with van der Waals surface area (Å²) in [7, 11) is 0. The van der Waals surface area contributed by atoms with Gasteiger partial charge < -0.3 is 5.32 Å². The highest BCUT2D eigenvalue weighted by Crippen LogP contribution is 2.39. The molecular formula is C32H25F3N2OS. The highest BCUT2D eigenvalue weighted by atomic mass is 32.2. The number of aromatic nitrogens is 1. The number of nitrogens with one attached hydrogen (secondary N) is 1. The quantitative estimate of drug-likeness (QED) is 0.159. The minimum Gasteiger partial charge on any atom is -0.309 e. The predicted octanol–water partition coefficient (Wildman–Crippen LogP) is 8.16. The zero-order valence-electron chi connectivity index (χ0n) is 21.1. The molecule has 7 heteroatoms. The van der Waals surface area contributed by atoms with Gasteiger partial charge in [-0.2, -0.15) is 13.2 Å². The van der Waals surface area contributed by atoms with Gasteiger partial charge in [-0.05, 0) is 41.1 Å². The van der Waals surface area contributed by atoms with Crippen LogP contribution in [0.5, 0.6) is 0 Å². The van der Waals surface area contributed by atoms with Crippen LogP contribution >= 0.6 is 11.8 Å².